The van der Waals surface area contributed by atoms with Crippen LogP contribution in [-0.4, -0.2) is 25.6 Å². The van der Waals surface area contributed by atoms with E-state index in [0.717, 1.165) is 5.69 Å². The third-order valence-corrected chi connectivity index (χ3v) is 2.43. The molecule has 0 saturated carbocycles. The molecule has 2 N–H and O–H groups in total. The van der Waals surface area contributed by atoms with Crippen LogP contribution in [0.2, 0.25) is 0 Å². The highest BCUT2D eigenvalue weighted by Gasteiger charge is 2.21. The fraction of sp³-hybridized carbons (Fsp3) is 0.462. The highest BCUT2D eigenvalue weighted by molar-refractivity contribution is 5.94. The molecular formula is C13H20N2O2. The number of nitrogens with two attached hydrogens (primary N) is 1. The summed E-state index contributed by atoms with van der Waals surface area (Å²) in [5.41, 5.74) is 6.09. The first-order chi connectivity index (χ1) is 7.85. The topological polar surface area (TPSA) is 55.6 Å². The Bertz CT molecular complexity index is 397. The van der Waals surface area contributed by atoms with Gasteiger partial charge in [-0.05, 0) is 26.0 Å². The Morgan fingerprint density at radius 2 is 2.00 bits per heavy atom. The molecule has 4 heteroatoms. The molecule has 0 aliphatic carbocycles. The van der Waals surface area contributed by atoms with Crippen molar-refractivity contribution in [2.45, 2.75) is 25.8 Å². The standard InChI is InChI=1S/C13H20N2O2/c1-13(2,14)9-12(16)15(3)10-7-5-6-8-11(10)17-4/h5-8H,9,14H2,1-4H3. The fourth-order valence-electron chi connectivity index (χ4n) is 1.55. The van der Waals surface area contributed by atoms with Crippen molar-refractivity contribution in [1.29, 1.82) is 0 Å². The summed E-state index contributed by atoms with van der Waals surface area (Å²) in [6, 6.07) is 7.41. The number of carbonyl (C=O) groups excluding carboxylic acids is 1. The van der Waals surface area contributed by atoms with Crippen molar-refractivity contribution in [3.8, 4) is 5.75 Å². The van der Waals surface area contributed by atoms with Gasteiger partial charge < -0.3 is 15.4 Å². The molecule has 0 unspecified atom stereocenters. The quantitative estimate of drug-likeness (QED) is 0.867. The molecule has 0 saturated heterocycles. The lowest BCUT2D eigenvalue weighted by Gasteiger charge is -2.24. The number of hydrogen-bond donors (Lipinski definition) is 1. The van der Waals surface area contributed by atoms with Gasteiger partial charge in [0.05, 0.1) is 12.8 Å². The van der Waals surface area contributed by atoms with Crippen LogP contribution in [-0.2, 0) is 4.79 Å². The van der Waals surface area contributed by atoms with E-state index in [1.165, 1.54) is 0 Å². The average Bonchev–Trinajstić information content (AvgIpc) is 2.25. The van der Waals surface area contributed by atoms with Gasteiger partial charge in [-0.25, -0.2) is 0 Å². The smallest absolute Gasteiger partial charge is 0.228 e. The molecular weight excluding hydrogens is 216 g/mol. The van der Waals surface area contributed by atoms with E-state index in [4.69, 9.17) is 10.5 Å². The third kappa shape index (κ3) is 3.75. The number of carbonyl (C=O) groups is 1. The normalized spacial score (nSPS) is 11.1. The number of nitrogens with zero attached hydrogens (tertiary/aromatic N) is 1. The van der Waals surface area contributed by atoms with Gasteiger partial charge >= 0.3 is 0 Å². The second-order valence-corrected chi connectivity index (χ2v) is 4.79. The summed E-state index contributed by atoms with van der Waals surface area (Å²) in [7, 11) is 3.32. The second-order valence-electron chi connectivity index (χ2n) is 4.79. The van der Waals surface area contributed by atoms with Crippen LogP contribution in [0, 0.1) is 0 Å². The molecule has 1 amide bonds. The van der Waals surface area contributed by atoms with E-state index in [1.54, 1.807) is 19.1 Å². The van der Waals surface area contributed by atoms with Crippen molar-refractivity contribution < 1.29 is 9.53 Å². The van der Waals surface area contributed by atoms with E-state index in [2.05, 4.69) is 0 Å². The molecule has 0 fully saturated rings. The Morgan fingerprint density at radius 1 is 1.41 bits per heavy atom. The van der Waals surface area contributed by atoms with E-state index in [9.17, 15) is 4.79 Å². The zero-order chi connectivity index (χ0) is 13.1. The molecule has 0 heterocycles. The first-order valence-corrected chi connectivity index (χ1v) is 5.53. The first kappa shape index (κ1) is 13.5. The summed E-state index contributed by atoms with van der Waals surface area (Å²) < 4.78 is 5.22. The van der Waals surface area contributed by atoms with Crippen LogP contribution < -0.4 is 15.4 Å². The van der Waals surface area contributed by atoms with Crippen LogP contribution in [0.1, 0.15) is 20.3 Å². The number of amides is 1. The summed E-state index contributed by atoms with van der Waals surface area (Å²) in [5, 5.41) is 0. The number of hydrogen-bond acceptors (Lipinski definition) is 3. The molecule has 1 rings (SSSR count). The molecule has 1 aromatic carbocycles. The monoisotopic (exact) mass is 236 g/mol. The van der Waals surface area contributed by atoms with E-state index in [1.807, 2.05) is 38.1 Å². The van der Waals surface area contributed by atoms with E-state index < -0.39 is 5.54 Å². The van der Waals surface area contributed by atoms with Crippen molar-refractivity contribution in [1.82, 2.24) is 0 Å². The zero-order valence-corrected chi connectivity index (χ0v) is 10.9. The van der Waals surface area contributed by atoms with Crippen molar-refractivity contribution in [2.75, 3.05) is 19.1 Å². The van der Waals surface area contributed by atoms with Crippen LogP contribution in [0.15, 0.2) is 24.3 Å². The predicted octanol–water partition coefficient (Wildman–Crippen LogP) is 1.79. The Kier molecular flexibility index (Phi) is 4.12. The molecule has 1 aromatic rings. The predicted molar refractivity (Wildman–Crippen MR) is 69.3 cm³/mol. The van der Waals surface area contributed by atoms with Gasteiger partial charge in [0.2, 0.25) is 5.91 Å². The Hall–Kier alpha value is -1.55. The molecule has 0 aliphatic rings. The maximum atomic E-state index is 12.0. The van der Waals surface area contributed by atoms with Gasteiger partial charge in [-0.1, -0.05) is 12.1 Å². The van der Waals surface area contributed by atoms with Gasteiger partial charge in [-0.3, -0.25) is 4.79 Å². The number of methoxy groups -OCH3 is 1. The van der Waals surface area contributed by atoms with Crippen LogP contribution >= 0.6 is 0 Å². The number of ether oxygens (including phenoxy) is 1. The molecule has 0 atom stereocenters. The van der Waals surface area contributed by atoms with Crippen molar-refractivity contribution >= 4 is 11.6 Å². The van der Waals surface area contributed by atoms with Gasteiger partial charge in [0.1, 0.15) is 5.75 Å². The Labute approximate surface area is 102 Å². The van der Waals surface area contributed by atoms with E-state index in [0.29, 0.717) is 12.2 Å². The van der Waals surface area contributed by atoms with E-state index in [-0.39, 0.29) is 5.91 Å². The minimum absolute atomic E-state index is 0.0259. The molecule has 17 heavy (non-hydrogen) atoms. The minimum Gasteiger partial charge on any atom is -0.495 e. The summed E-state index contributed by atoms with van der Waals surface area (Å²) in [6.45, 7) is 3.67. The summed E-state index contributed by atoms with van der Waals surface area (Å²) in [6.07, 6.45) is 0.293. The zero-order valence-electron chi connectivity index (χ0n) is 10.9. The average molecular weight is 236 g/mol. The third-order valence-electron chi connectivity index (χ3n) is 2.43. The number of benzene rings is 1. The van der Waals surface area contributed by atoms with Gasteiger partial charge in [-0.15, -0.1) is 0 Å². The maximum Gasteiger partial charge on any atom is 0.228 e. The molecule has 0 aliphatic heterocycles. The Balaban J connectivity index is 2.89. The van der Waals surface area contributed by atoms with Gasteiger partial charge in [0, 0.05) is 19.0 Å². The first-order valence-electron chi connectivity index (χ1n) is 5.53. The second kappa shape index (κ2) is 5.19. The highest BCUT2D eigenvalue weighted by Crippen LogP contribution is 2.27. The highest BCUT2D eigenvalue weighted by atomic mass is 16.5. The number of rotatable bonds is 4. The molecule has 0 spiro atoms. The van der Waals surface area contributed by atoms with Gasteiger partial charge in [-0.2, -0.15) is 0 Å². The maximum absolute atomic E-state index is 12.0. The van der Waals surface area contributed by atoms with Crippen molar-refractivity contribution in [3.05, 3.63) is 24.3 Å². The van der Waals surface area contributed by atoms with Crippen LogP contribution in [0.25, 0.3) is 0 Å². The summed E-state index contributed by atoms with van der Waals surface area (Å²) >= 11 is 0. The SMILES string of the molecule is COc1ccccc1N(C)C(=O)CC(C)(C)N. The Morgan fingerprint density at radius 3 is 2.53 bits per heavy atom. The molecule has 0 radical (unpaired) electrons. The lowest BCUT2D eigenvalue weighted by atomic mass is 10.0. The lowest BCUT2D eigenvalue weighted by molar-refractivity contribution is -0.119. The number of para-hydroxylation sites is 2. The molecule has 0 bridgehead atoms. The molecule has 4 nitrogen and oxygen atoms in total. The van der Waals surface area contributed by atoms with Gasteiger partial charge in [0.25, 0.3) is 0 Å². The van der Waals surface area contributed by atoms with Crippen LogP contribution in [0.5, 0.6) is 5.75 Å². The largest absolute Gasteiger partial charge is 0.495 e. The van der Waals surface area contributed by atoms with Gasteiger partial charge in [0.15, 0.2) is 0 Å². The van der Waals surface area contributed by atoms with Crippen LogP contribution in [0.3, 0.4) is 0 Å². The lowest BCUT2D eigenvalue weighted by Crippen LogP contribution is -2.40. The minimum atomic E-state index is -0.507. The fourth-order valence-corrected chi connectivity index (χ4v) is 1.55. The van der Waals surface area contributed by atoms with Crippen molar-refractivity contribution in [3.63, 3.8) is 0 Å². The molecule has 94 valence electrons. The van der Waals surface area contributed by atoms with Crippen LogP contribution in [0.4, 0.5) is 5.69 Å². The number of anilines is 1. The van der Waals surface area contributed by atoms with E-state index >= 15 is 0 Å². The van der Waals surface area contributed by atoms with Crippen molar-refractivity contribution in [2.24, 2.45) is 5.73 Å². The molecule has 0 aromatic heterocycles. The summed E-state index contributed by atoms with van der Waals surface area (Å²) in [4.78, 5) is 13.6. The summed E-state index contributed by atoms with van der Waals surface area (Å²) in [5.74, 6) is 0.653.